The van der Waals surface area contributed by atoms with Crippen LogP contribution in [0.1, 0.15) is 37.7 Å². The number of carbonyl (C=O) groups is 2. The largest absolute Gasteiger partial charge is 0.481 e. The number of carboxylic acids is 1. The Morgan fingerprint density at radius 2 is 1.83 bits per heavy atom. The lowest BCUT2D eigenvalue weighted by atomic mass is 9.74. The van der Waals surface area contributed by atoms with Crippen molar-refractivity contribution in [2.24, 2.45) is 11.3 Å². The molecule has 1 saturated carbocycles. The first-order chi connectivity index (χ1) is 11.1. The quantitative estimate of drug-likeness (QED) is 0.905. The molecule has 0 bridgehead atoms. The molecular formula is C18H23NO4. The average Bonchev–Trinajstić information content (AvgIpc) is 3.38. The number of piperidine rings is 1. The highest BCUT2D eigenvalue weighted by molar-refractivity contribution is 5.75. The molecule has 0 unspecified atom stereocenters. The minimum absolute atomic E-state index is 0.252. The smallest absolute Gasteiger partial charge is 0.410 e. The van der Waals surface area contributed by atoms with Crippen molar-refractivity contribution in [1.82, 2.24) is 4.90 Å². The fourth-order valence-corrected chi connectivity index (χ4v) is 3.31. The lowest BCUT2D eigenvalue weighted by Crippen LogP contribution is -2.47. The maximum absolute atomic E-state index is 12.1. The van der Waals surface area contributed by atoms with Gasteiger partial charge in [0.2, 0.25) is 0 Å². The summed E-state index contributed by atoms with van der Waals surface area (Å²) in [5, 5.41) is 9.61. The molecule has 0 aromatic heterocycles. The molecule has 5 heteroatoms. The van der Waals surface area contributed by atoms with E-state index in [2.05, 4.69) is 0 Å². The summed E-state index contributed by atoms with van der Waals surface area (Å²) in [6.45, 7) is 1.18. The maximum atomic E-state index is 12.1. The first-order valence-corrected chi connectivity index (χ1v) is 8.28. The second-order valence-corrected chi connectivity index (χ2v) is 6.76. The standard InChI is InChI=1S/C18H23NO4/c20-16(21)18(12-14-6-7-14)8-10-19(11-9-18)17(22)23-13-15-4-2-1-3-5-15/h1-5,14H,6-13H2,(H,20,21). The number of amides is 1. The molecule has 0 spiro atoms. The first-order valence-electron chi connectivity index (χ1n) is 8.28. The lowest BCUT2D eigenvalue weighted by Gasteiger charge is -2.38. The molecule has 1 amide bonds. The van der Waals surface area contributed by atoms with E-state index in [1.807, 2.05) is 30.3 Å². The van der Waals surface area contributed by atoms with Gasteiger partial charge in [0.05, 0.1) is 5.41 Å². The highest BCUT2D eigenvalue weighted by Crippen LogP contribution is 2.45. The zero-order chi connectivity index (χ0) is 16.3. The van der Waals surface area contributed by atoms with Crippen LogP contribution in [0.4, 0.5) is 4.79 Å². The van der Waals surface area contributed by atoms with Crippen molar-refractivity contribution in [3.05, 3.63) is 35.9 Å². The SMILES string of the molecule is O=C(OCc1ccccc1)N1CCC(CC2CC2)(C(=O)O)CC1. The third-order valence-corrected chi connectivity index (χ3v) is 5.01. The predicted octanol–water partition coefficient (Wildman–Crippen LogP) is 3.29. The summed E-state index contributed by atoms with van der Waals surface area (Å²) in [6, 6.07) is 9.55. The van der Waals surface area contributed by atoms with Gasteiger partial charge in [-0.05, 0) is 30.7 Å². The van der Waals surface area contributed by atoms with E-state index in [1.165, 1.54) is 0 Å². The van der Waals surface area contributed by atoms with E-state index in [0.29, 0.717) is 31.8 Å². The van der Waals surface area contributed by atoms with Crippen LogP contribution in [0, 0.1) is 11.3 Å². The zero-order valence-corrected chi connectivity index (χ0v) is 13.2. The molecular weight excluding hydrogens is 294 g/mol. The number of ether oxygens (including phenoxy) is 1. The molecule has 2 aliphatic rings. The van der Waals surface area contributed by atoms with Crippen molar-refractivity contribution >= 4 is 12.1 Å². The monoisotopic (exact) mass is 317 g/mol. The van der Waals surface area contributed by atoms with E-state index in [1.54, 1.807) is 4.90 Å². The van der Waals surface area contributed by atoms with Crippen molar-refractivity contribution in [2.75, 3.05) is 13.1 Å². The molecule has 1 heterocycles. The van der Waals surface area contributed by atoms with Gasteiger partial charge in [0, 0.05) is 13.1 Å². The summed E-state index contributed by atoms with van der Waals surface area (Å²) in [5.41, 5.74) is 0.309. The molecule has 1 N–H and O–H groups in total. The Labute approximate surface area is 136 Å². The molecule has 2 fully saturated rings. The molecule has 1 aliphatic heterocycles. The number of benzene rings is 1. The fraction of sp³-hybridized carbons (Fsp3) is 0.556. The average molecular weight is 317 g/mol. The fourth-order valence-electron chi connectivity index (χ4n) is 3.31. The molecule has 3 rings (SSSR count). The summed E-state index contributed by atoms with van der Waals surface area (Å²) < 4.78 is 5.33. The van der Waals surface area contributed by atoms with Crippen LogP contribution in [-0.2, 0) is 16.1 Å². The molecule has 1 aromatic carbocycles. The minimum atomic E-state index is -0.707. The Morgan fingerprint density at radius 1 is 1.17 bits per heavy atom. The normalized spacial score (nSPS) is 20.1. The van der Waals surface area contributed by atoms with Crippen LogP contribution in [0.2, 0.25) is 0 Å². The third-order valence-electron chi connectivity index (χ3n) is 5.01. The highest BCUT2D eigenvalue weighted by atomic mass is 16.6. The Morgan fingerprint density at radius 3 is 2.39 bits per heavy atom. The van der Waals surface area contributed by atoms with Crippen LogP contribution >= 0.6 is 0 Å². The first kappa shape index (κ1) is 15.8. The van der Waals surface area contributed by atoms with E-state index in [-0.39, 0.29) is 12.7 Å². The number of carbonyl (C=O) groups excluding carboxylic acids is 1. The second-order valence-electron chi connectivity index (χ2n) is 6.76. The molecule has 1 saturated heterocycles. The van der Waals surface area contributed by atoms with Gasteiger partial charge in [-0.1, -0.05) is 43.2 Å². The number of hydrogen-bond donors (Lipinski definition) is 1. The predicted molar refractivity (Wildman–Crippen MR) is 84.8 cm³/mol. The van der Waals surface area contributed by atoms with E-state index in [0.717, 1.165) is 24.8 Å². The minimum Gasteiger partial charge on any atom is -0.481 e. The zero-order valence-electron chi connectivity index (χ0n) is 13.2. The number of likely N-dealkylation sites (tertiary alicyclic amines) is 1. The van der Waals surface area contributed by atoms with Crippen molar-refractivity contribution in [2.45, 2.75) is 38.7 Å². The van der Waals surface area contributed by atoms with Crippen LogP contribution in [0.3, 0.4) is 0 Å². The van der Waals surface area contributed by atoms with E-state index >= 15 is 0 Å². The number of nitrogens with zero attached hydrogens (tertiary/aromatic N) is 1. The molecule has 1 aromatic rings. The van der Waals surface area contributed by atoms with E-state index < -0.39 is 11.4 Å². The third kappa shape index (κ3) is 3.84. The summed E-state index contributed by atoms with van der Waals surface area (Å²) in [7, 11) is 0. The number of carboxylic acid groups (broad SMARTS) is 1. The summed E-state index contributed by atoms with van der Waals surface area (Å²) in [4.78, 5) is 25.5. The van der Waals surface area contributed by atoms with Gasteiger partial charge in [0.15, 0.2) is 0 Å². The summed E-state index contributed by atoms with van der Waals surface area (Å²) in [5.74, 6) is -0.135. The molecule has 0 radical (unpaired) electrons. The Balaban J connectivity index is 1.51. The van der Waals surface area contributed by atoms with Gasteiger partial charge in [-0.25, -0.2) is 4.79 Å². The Bertz CT molecular complexity index is 560. The van der Waals surface area contributed by atoms with Gasteiger partial charge in [-0.15, -0.1) is 0 Å². The summed E-state index contributed by atoms with van der Waals surface area (Å²) in [6.07, 6.45) is 3.77. The number of rotatable bonds is 5. The van der Waals surface area contributed by atoms with Crippen molar-refractivity contribution in [1.29, 1.82) is 0 Å². The molecule has 124 valence electrons. The van der Waals surface area contributed by atoms with E-state index in [9.17, 15) is 14.7 Å². The van der Waals surface area contributed by atoms with Crippen molar-refractivity contribution in [3.8, 4) is 0 Å². The lowest BCUT2D eigenvalue weighted by molar-refractivity contribution is -0.152. The second kappa shape index (κ2) is 6.60. The van der Waals surface area contributed by atoms with Gasteiger partial charge in [0.1, 0.15) is 6.61 Å². The molecule has 1 aliphatic carbocycles. The van der Waals surface area contributed by atoms with Crippen LogP contribution in [0.5, 0.6) is 0 Å². The maximum Gasteiger partial charge on any atom is 0.410 e. The number of hydrogen-bond acceptors (Lipinski definition) is 3. The topological polar surface area (TPSA) is 66.8 Å². The summed E-state index contributed by atoms with van der Waals surface area (Å²) >= 11 is 0. The van der Waals surface area contributed by atoms with Gasteiger partial charge < -0.3 is 14.7 Å². The van der Waals surface area contributed by atoms with Crippen LogP contribution in [0.25, 0.3) is 0 Å². The van der Waals surface area contributed by atoms with Crippen LogP contribution < -0.4 is 0 Å². The van der Waals surface area contributed by atoms with Gasteiger partial charge in [0.25, 0.3) is 0 Å². The van der Waals surface area contributed by atoms with Crippen LogP contribution in [0.15, 0.2) is 30.3 Å². The molecule has 0 atom stereocenters. The molecule has 5 nitrogen and oxygen atoms in total. The van der Waals surface area contributed by atoms with Gasteiger partial charge in [-0.3, -0.25) is 4.79 Å². The highest BCUT2D eigenvalue weighted by Gasteiger charge is 2.45. The van der Waals surface area contributed by atoms with Gasteiger partial charge in [-0.2, -0.15) is 0 Å². The number of aliphatic carboxylic acids is 1. The van der Waals surface area contributed by atoms with E-state index in [4.69, 9.17) is 4.74 Å². The Kier molecular flexibility index (Phi) is 4.55. The van der Waals surface area contributed by atoms with Crippen molar-refractivity contribution < 1.29 is 19.4 Å². The van der Waals surface area contributed by atoms with Gasteiger partial charge >= 0.3 is 12.1 Å². The van der Waals surface area contributed by atoms with Crippen LogP contribution in [-0.4, -0.2) is 35.2 Å². The van der Waals surface area contributed by atoms with Crippen molar-refractivity contribution in [3.63, 3.8) is 0 Å². The molecule has 23 heavy (non-hydrogen) atoms. The Hall–Kier alpha value is -2.04.